The van der Waals surface area contributed by atoms with Crippen LogP contribution in [0.2, 0.25) is 0 Å². The molecule has 0 radical (unpaired) electrons. The van der Waals surface area contributed by atoms with Gasteiger partial charge in [-0.05, 0) is 37.6 Å². The predicted molar refractivity (Wildman–Crippen MR) is 72.0 cm³/mol. The van der Waals surface area contributed by atoms with E-state index >= 15 is 0 Å². The van der Waals surface area contributed by atoms with E-state index in [1.807, 2.05) is 0 Å². The summed E-state index contributed by atoms with van der Waals surface area (Å²) < 4.78 is 27.3. The van der Waals surface area contributed by atoms with Crippen LogP contribution >= 0.6 is 0 Å². The van der Waals surface area contributed by atoms with Crippen LogP contribution in [0.25, 0.3) is 0 Å². The van der Waals surface area contributed by atoms with Gasteiger partial charge in [0.2, 0.25) is 0 Å². The highest BCUT2D eigenvalue weighted by Crippen LogP contribution is 2.22. The molecule has 1 aliphatic rings. The molecule has 2 rings (SSSR count). The van der Waals surface area contributed by atoms with Crippen LogP contribution in [-0.2, 0) is 0 Å². The number of nitrogens with zero attached hydrogens (tertiary/aromatic N) is 1. The molecule has 2 N–H and O–H groups in total. The fourth-order valence-electron chi connectivity index (χ4n) is 2.47. The minimum absolute atomic E-state index is 0.0162. The molecule has 1 saturated heterocycles. The average Bonchev–Trinajstić information content (AvgIpc) is 2.88. The maximum absolute atomic E-state index is 13.7. The summed E-state index contributed by atoms with van der Waals surface area (Å²) in [7, 11) is 0. The second-order valence-electron chi connectivity index (χ2n) is 5.02. The summed E-state index contributed by atoms with van der Waals surface area (Å²) in [6.45, 7) is 5.61. The van der Waals surface area contributed by atoms with E-state index in [4.69, 9.17) is 5.11 Å². The number of halogens is 2. The highest BCUT2D eigenvalue weighted by Gasteiger charge is 2.22. The van der Waals surface area contributed by atoms with E-state index in [0.29, 0.717) is 12.5 Å². The number of aromatic carboxylic acids is 1. The standard InChI is InChI=1S/C14H18F2N2O2/c1-2-18-6-5-9(8-18)7-17-11-4-3-10(14(19)20)12(15)13(11)16/h3-4,9,17H,2,5-8H2,1H3,(H,19,20). The Balaban J connectivity index is 2.00. The van der Waals surface area contributed by atoms with Crippen molar-refractivity contribution in [3.05, 3.63) is 29.3 Å². The largest absolute Gasteiger partial charge is 0.478 e. The minimum atomic E-state index is -1.47. The molecule has 0 amide bonds. The van der Waals surface area contributed by atoms with Crippen molar-refractivity contribution in [1.29, 1.82) is 0 Å². The molecule has 1 heterocycles. The van der Waals surface area contributed by atoms with Crippen molar-refractivity contribution in [2.75, 3.05) is 31.5 Å². The Morgan fingerprint density at radius 1 is 1.45 bits per heavy atom. The van der Waals surface area contributed by atoms with E-state index in [0.717, 1.165) is 32.1 Å². The molecule has 20 heavy (non-hydrogen) atoms. The zero-order chi connectivity index (χ0) is 14.7. The van der Waals surface area contributed by atoms with E-state index in [1.54, 1.807) is 0 Å². The lowest BCUT2D eigenvalue weighted by atomic mass is 10.1. The number of nitrogens with one attached hydrogen (secondary N) is 1. The molecule has 0 saturated carbocycles. The lowest BCUT2D eigenvalue weighted by molar-refractivity contribution is 0.0690. The third-order valence-electron chi connectivity index (χ3n) is 3.71. The van der Waals surface area contributed by atoms with Gasteiger partial charge in [-0.1, -0.05) is 6.92 Å². The third kappa shape index (κ3) is 3.07. The molecule has 1 aromatic carbocycles. The van der Waals surface area contributed by atoms with E-state index in [9.17, 15) is 13.6 Å². The number of likely N-dealkylation sites (tertiary alicyclic amines) is 1. The Bertz CT molecular complexity index is 508. The van der Waals surface area contributed by atoms with Crippen LogP contribution in [0.5, 0.6) is 0 Å². The number of hydrogen-bond acceptors (Lipinski definition) is 3. The highest BCUT2D eigenvalue weighted by atomic mass is 19.2. The van der Waals surface area contributed by atoms with Gasteiger partial charge in [-0.2, -0.15) is 0 Å². The monoisotopic (exact) mass is 284 g/mol. The molecule has 1 aromatic rings. The topological polar surface area (TPSA) is 52.6 Å². The van der Waals surface area contributed by atoms with E-state index in [-0.39, 0.29) is 5.69 Å². The van der Waals surface area contributed by atoms with Gasteiger partial charge in [-0.15, -0.1) is 0 Å². The molecule has 4 nitrogen and oxygen atoms in total. The number of benzene rings is 1. The van der Waals surface area contributed by atoms with Crippen molar-refractivity contribution in [2.24, 2.45) is 5.92 Å². The first-order chi connectivity index (χ1) is 9.52. The Labute approximate surface area is 116 Å². The number of rotatable bonds is 5. The molecular weight excluding hydrogens is 266 g/mol. The number of anilines is 1. The fourth-order valence-corrected chi connectivity index (χ4v) is 2.47. The smallest absolute Gasteiger partial charge is 0.338 e. The molecule has 0 spiro atoms. The maximum atomic E-state index is 13.7. The van der Waals surface area contributed by atoms with Gasteiger partial charge in [0, 0.05) is 13.1 Å². The zero-order valence-corrected chi connectivity index (χ0v) is 11.3. The van der Waals surface area contributed by atoms with Gasteiger partial charge in [0.25, 0.3) is 0 Å². The first kappa shape index (κ1) is 14.7. The van der Waals surface area contributed by atoms with Crippen LogP contribution in [0.4, 0.5) is 14.5 Å². The Morgan fingerprint density at radius 2 is 2.20 bits per heavy atom. The maximum Gasteiger partial charge on any atom is 0.338 e. The number of carboxylic acid groups (broad SMARTS) is 1. The van der Waals surface area contributed by atoms with E-state index in [1.165, 1.54) is 6.07 Å². The molecular formula is C14H18F2N2O2. The fraction of sp³-hybridized carbons (Fsp3) is 0.500. The van der Waals surface area contributed by atoms with Crippen molar-refractivity contribution in [3.8, 4) is 0 Å². The molecule has 0 aliphatic carbocycles. The first-order valence-corrected chi connectivity index (χ1v) is 6.70. The van der Waals surface area contributed by atoms with Gasteiger partial charge in [-0.3, -0.25) is 0 Å². The Kier molecular flexibility index (Phi) is 4.54. The van der Waals surface area contributed by atoms with Crippen LogP contribution < -0.4 is 5.32 Å². The third-order valence-corrected chi connectivity index (χ3v) is 3.71. The molecule has 6 heteroatoms. The number of hydrogen-bond donors (Lipinski definition) is 2. The SMILES string of the molecule is CCN1CCC(CNc2ccc(C(=O)O)c(F)c2F)C1. The van der Waals surface area contributed by atoms with Crippen molar-refractivity contribution < 1.29 is 18.7 Å². The highest BCUT2D eigenvalue weighted by molar-refractivity contribution is 5.88. The van der Waals surface area contributed by atoms with Crippen molar-refractivity contribution in [3.63, 3.8) is 0 Å². The summed E-state index contributed by atoms with van der Waals surface area (Å²) in [4.78, 5) is 13.0. The quantitative estimate of drug-likeness (QED) is 0.872. The van der Waals surface area contributed by atoms with Crippen molar-refractivity contribution >= 4 is 11.7 Å². The van der Waals surface area contributed by atoms with Gasteiger partial charge in [-0.25, -0.2) is 13.6 Å². The number of carbonyl (C=O) groups is 1. The summed E-state index contributed by atoms with van der Waals surface area (Å²) in [5, 5.41) is 11.6. The van der Waals surface area contributed by atoms with Crippen molar-refractivity contribution in [2.45, 2.75) is 13.3 Å². The zero-order valence-electron chi connectivity index (χ0n) is 11.3. The Morgan fingerprint density at radius 3 is 2.80 bits per heavy atom. The van der Waals surface area contributed by atoms with Crippen LogP contribution in [0, 0.1) is 17.6 Å². The average molecular weight is 284 g/mol. The Hall–Kier alpha value is -1.69. The molecule has 1 aliphatic heterocycles. The van der Waals surface area contributed by atoms with Crippen LogP contribution in [0.15, 0.2) is 12.1 Å². The molecule has 1 unspecified atom stereocenters. The summed E-state index contributed by atoms with van der Waals surface area (Å²) in [6, 6.07) is 2.35. The van der Waals surface area contributed by atoms with E-state index in [2.05, 4.69) is 17.1 Å². The predicted octanol–water partition coefficient (Wildman–Crippen LogP) is 2.42. The van der Waals surface area contributed by atoms with Gasteiger partial charge in [0.05, 0.1) is 11.3 Å². The summed E-state index contributed by atoms with van der Waals surface area (Å²) in [6.07, 6.45) is 1.03. The summed E-state index contributed by atoms with van der Waals surface area (Å²) in [5.74, 6) is -3.52. The van der Waals surface area contributed by atoms with Crippen molar-refractivity contribution in [1.82, 2.24) is 4.90 Å². The molecule has 1 fully saturated rings. The van der Waals surface area contributed by atoms with Crippen LogP contribution in [0.3, 0.4) is 0 Å². The van der Waals surface area contributed by atoms with Crippen LogP contribution in [-0.4, -0.2) is 42.2 Å². The van der Waals surface area contributed by atoms with E-state index < -0.39 is 23.2 Å². The second kappa shape index (κ2) is 6.17. The van der Waals surface area contributed by atoms with Gasteiger partial charge in [0.1, 0.15) is 0 Å². The molecule has 0 aromatic heterocycles. The molecule has 0 bridgehead atoms. The van der Waals surface area contributed by atoms with Gasteiger partial charge in [0.15, 0.2) is 11.6 Å². The number of carboxylic acids is 1. The first-order valence-electron chi connectivity index (χ1n) is 6.70. The van der Waals surface area contributed by atoms with Crippen LogP contribution in [0.1, 0.15) is 23.7 Å². The lowest BCUT2D eigenvalue weighted by Gasteiger charge is -2.15. The molecule has 110 valence electrons. The summed E-state index contributed by atoms with van der Waals surface area (Å²) in [5.41, 5.74) is -0.631. The van der Waals surface area contributed by atoms with Gasteiger partial charge >= 0.3 is 5.97 Å². The lowest BCUT2D eigenvalue weighted by Crippen LogP contribution is -2.22. The van der Waals surface area contributed by atoms with Gasteiger partial charge < -0.3 is 15.3 Å². The minimum Gasteiger partial charge on any atom is -0.478 e. The summed E-state index contributed by atoms with van der Waals surface area (Å²) >= 11 is 0. The second-order valence-corrected chi connectivity index (χ2v) is 5.02. The normalized spacial score (nSPS) is 19.2. The molecule has 1 atom stereocenters.